The van der Waals surface area contributed by atoms with Crippen LogP contribution in [0.5, 0.6) is 5.75 Å². The van der Waals surface area contributed by atoms with Gasteiger partial charge in [-0.2, -0.15) is 0 Å². The van der Waals surface area contributed by atoms with Gasteiger partial charge in [0.25, 0.3) is 0 Å². The lowest BCUT2D eigenvalue weighted by atomic mass is 9.88. The van der Waals surface area contributed by atoms with Crippen molar-refractivity contribution < 1.29 is 13.2 Å². The van der Waals surface area contributed by atoms with E-state index in [4.69, 9.17) is 4.74 Å². The second kappa shape index (κ2) is 4.95. The molecule has 0 radical (unpaired) electrons. The smallest absolute Gasteiger partial charge is 0.150 e. The predicted molar refractivity (Wildman–Crippen MR) is 80.1 cm³/mol. The van der Waals surface area contributed by atoms with Gasteiger partial charge >= 0.3 is 0 Å². The number of benzene rings is 1. The lowest BCUT2D eigenvalue weighted by Crippen LogP contribution is -2.38. The summed E-state index contributed by atoms with van der Waals surface area (Å²) in [5.74, 6) is 1.47. The molecule has 0 amide bonds. The fourth-order valence-electron chi connectivity index (χ4n) is 3.21. The predicted octanol–water partition coefficient (Wildman–Crippen LogP) is 2.25. The maximum atomic E-state index is 11.8. The Morgan fingerprint density at radius 1 is 1.40 bits per heavy atom. The summed E-state index contributed by atoms with van der Waals surface area (Å²) in [5.41, 5.74) is 2.10. The van der Waals surface area contributed by atoms with Crippen LogP contribution in [0.15, 0.2) is 18.2 Å². The van der Waals surface area contributed by atoms with Crippen molar-refractivity contribution in [3.05, 3.63) is 23.8 Å². The molecule has 1 aromatic rings. The topological polar surface area (TPSA) is 55.4 Å². The number of rotatable bonds is 3. The third-order valence-electron chi connectivity index (χ3n) is 4.20. The zero-order valence-corrected chi connectivity index (χ0v) is 12.6. The van der Waals surface area contributed by atoms with Crippen molar-refractivity contribution in [3.8, 4) is 5.75 Å². The molecule has 5 heteroatoms. The van der Waals surface area contributed by atoms with Crippen LogP contribution < -0.4 is 10.1 Å². The van der Waals surface area contributed by atoms with Gasteiger partial charge < -0.3 is 10.1 Å². The van der Waals surface area contributed by atoms with E-state index in [9.17, 15) is 8.42 Å². The van der Waals surface area contributed by atoms with Crippen LogP contribution in [0.25, 0.3) is 0 Å². The van der Waals surface area contributed by atoms with Gasteiger partial charge in [0, 0.05) is 23.2 Å². The van der Waals surface area contributed by atoms with E-state index in [0.717, 1.165) is 37.2 Å². The van der Waals surface area contributed by atoms with E-state index in [0.29, 0.717) is 12.4 Å². The average Bonchev–Trinajstić information content (AvgIpc) is 2.83. The highest BCUT2D eigenvalue weighted by molar-refractivity contribution is 7.91. The summed E-state index contributed by atoms with van der Waals surface area (Å²) in [6.45, 7) is 3.44. The molecule has 4 nitrogen and oxygen atoms in total. The molecule has 1 fully saturated rings. The van der Waals surface area contributed by atoms with Gasteiger partial charge in [-0.15, -0.1) is 0 Å². The maximum Gasteiger partial charge on any atom is 0.150 e. The number of sulfone groups is 1. The molecular formula is C15H21NO3S. The summed E-state index contributed by atoms with van der Waals surface area (Å²) >= 11 is 0. The Morgan fingerprint density at radius 2 is 2.25 bits per heavy atom. The molecule has 3 rings (SSSR count). The first-order valence-electron chi connectivity index (χ1n) is 7.17. The number of anilines is 1. The molecule has 2 aliphatic rings. The van der Waals surface area contributed by atoms with Crippen molar-refractivity contribution in [1.82, 2.24) is 0 Å². The molecule has 0 aliphatic carbocycles. The molecule has 2 heterocycles. The summed E-state index contributed by atoms with van der Waals surface area (Å²) in [6, 6.07) is 6.01. The number of hydrogen-bond donors (Lipinski definition) is 1. The quantitative estimate of drug-likeness (QED) is 0.929. The highest BCUT2D eigenvalue weighted by Crippen LogP contribution is 2.35. The van der Waals surface area contributed by atoms with Crippen LogP contribution in [0.1, 0.15) is 25.3 Å². The van der Waals surface area contributed by atoms with E-state index in [2.05, 4.69) is 11.4 Å². The number of ether oxygens (including phenoxy) is 1. The van der Waals surface area contributed by atoms with Gasteiger partial charge in [0.05, 0.1) is 18.1 Å². The van der Waals surface area contributed by atoms with Crippen molar-refractivity contribution in [2.24, 2.45) is 5.41 Å². The second-order valence-corrected chi connectivity index (χ2v) is 8.44. The van der Waals surface area contributed by atoms with E-state index in [-0.39, 0.29) is 11.2 Å². The Morgan fingerprint density at radius 3 is 3.05 bits per heavy atom. The minimum Gasteiger partial charge on any atom is -0.493 e. The van der Waals surface area contributed by atoms with Gasteiger partial charge in [0.15, 0.2) is 9.84 Å². The van der Waals surface area contributed by atoms with Crippen molar-refractivity contribution in [1.29, 1.82) is 0 Å². The Bertz CT molecular complexity index is 612. The minimum atomic E-state index is -2.90. The Labute approximate surface area is 120 Å². The summed E-state index contributed by atoms with van der Waals surface area (Å²) < 4.78 is 29.6. The van der Waals surface area contributed by atoms with Crippen LogP contribution in [0.4, 0.5) is 5.69 Å². The molecule has 110 valence electrons. The maximum absolute atomic E-state index is 11.8. The molecule has 1 unspecified atom stereocenters. The summed E-state index contributed by atoms with van der Waals surface area (Å²) in [7, 11) is -2.90. The van der Waals surface area contributed by atoms with Crippen LogP contribution >= 0.6 is 0 Å². The molecule has 0 spiro atoms. The molecule has 1 aromatic carbocycles. The van der Waals surface area contributed by atoms with E-state index >= 15 is 0 Å². The standard InChI is InChI=1S/C15H21NO3S/c1-15(7-3-9-20(17,18)11-15)10-19-14-5-2-4-13-12(14)6-8-16-13/h2,4-5,16H,3,6-11H2,1H3. The molecule has 0 saturated carbocycles. The normalized spacial score (nSPS) is 27.6. The van der Waals surface area contributed by atoms with E-state index in [1.807, 2.05) is 19.1 Å². The molecule has 1 atom stereocenters. The Balaban J connectivity index is 1.72. The van der Waals surface area contributed by atoms with E-state index in [1.54, 1.807) is 0 Å². The zero-order chi connectivity index (χ0) is 14.2. The number of hydrogen-bond acceptors (Lipinski definition) is 4. The van der Waals surface area contributed by atoms with Crippen molar-refractivity contribution in [2.75, 3.05) is 30.0 Å². The fourth-order valence-corrected chi connectivity index (χ4v) is 5.22. The lowest BCUT2D eigenvalue weighted by Gasteiger charge is -2.33. The third-order valence-corrected chi connectivity index (χ3v) is 6.25. The van der Waals surface area contributed by atoms with Crippen molar-refractivity contribution >= 4 is 15.5 Å². The summed E-state index contributed by atoms with van der Waals surface area (Å²) in [4.78, 5) is 0. The molecular weight excluding hydrogens is 274 g/mol. The molecule has 1 N–H and O–H groups in total. The lowest BCUT2D eigenvalue weighted by molar-refractivity contribution is 0.166. The highest BCUT2D eigenvalue weighted by atomic mass is 32.2. The van der Waals surface area contributed by atoms with Gasteiger partial charge in [-0.1, -0.05) is 13.0 Å². The van der Waals surface area contributed by atoms with Gasteiger partial charge in [-0.3, -0.25) is 0 Å². The van der Waals surface area contributed by atoms with Crippen molar-refractivity contribution in [3.63, 3.8) is 0 Å². The third kappa shape index (κ3) is 2.77. The Hall–Kier alpha value is -1.23. The van der Waals surface area contributed by atoms with Gasteiger partial charge in [0.1, 0.15) is 5.75 Å². The fraction of sp³-hybridized carbons (Fsp3) is 0.600. The van der Waals surface area contributed by atoms with E-state index in [1.165, 1.54) is 5.56 Å². The van der Waals surface area contributed by atoms with Gasteiger partial charge in [-0.25, -0.2) is 8.42 Å². The Kier molecular flexibility index (Phi) is 3.40. The second-order valence-electron chi connectivity index (χ2n) is 6.25. The van der Waals surface area contributed by atoms with Gasteiger partial charge in [-0.05, 0) is 31.4 Å². The highest BCUT2D eigenvalue weighted by Gasteiger charge is 2.36. The average molecular weight is 295 g/mol. The largest absolute Gasteiger partial charge is 0.493 e. The number of nitrogens with one attached hydrogen (secondary N) is 1. The summed E-state index contributed by atoms with van der Waals surface area (Å²) in [6.07, 6.45) is 2.64. The van der Waals surface area contributed by atoms with Crippen LogP contribution in [-0.4, -0.2) is 33.1 Å². The van der Waals surface area contributed by atoms with Crippen molar-refractivity contribution in [2.45, 2.75) is 26.2 Å². The molecule has 0 bridgehead atoms. The van der Waals surface area contributed by atoms with Crippen LogP contribution in [0.3, 0.4) is 0 Å². The molecule has 2 aliphatic heterocycles. The first kappa shape index (κ1) is 13.7. The molecule has 1 saturated heterocycles. The van der Waals surface area contributed by atoms with Gasteiger partial charge in [0.2, 0.25) is 0 Å². The van der Waals surface area contributed by atoms with Crippen LogP contribution in [0.2, 0.25) is 0 Å². The minimum absolute atomic E-state index is 0.243. The van der Waals surface area contributed by atoms with Crippen LogP contribution in [0, 0.1) is 5.41 Å². The van der Waals surface area contributed by atoms with Crippen LogP contribution in [-0.2, 0) is 16.3 Å². The first-order chi connectivity index (χ1) is 9.48. The molecule has 0 aromatic heterocycles. The zero-order valence-electron chi connectivity index (χ0n) is 11.8. The SMILES string of the molecule is CC1(COc2cccc3c2CCN3)CCCS(=O)(=O)C1. The summed E-state index contributed by atoms with van der Waals surface area (Å²) in [5, 5.41) is 3.33. The monoisotopic (exact) mass is 295 g/mol. The number of fused-ring (bicyclic) bond motifs is 1. The van der Waals surface area contributed by atoms with E-state index < -0.39 is 9.84 Å². The molecule has 20 heavy (non-hydrogen) atoms. The first-order valence-corrected chi connectivity index (χ1v) is 8.99.